The van der Waals surface area contributed by atoms with E-state index in [-0.39, 0.29) is 29.0 Å². The van der Waals surface area contributed by atoms with E-state index in [1.807, 2.05) is 6.92 Å². The zero-order valence-corrected chi connectivity index (χ0v) is 12.1. The van der Waals surface area contributed by atoms with Gasteiger partial charge in [0.2, 0.25) is 0 Å². The second kappa shape index (κ2) is 6.51. The minimum Gasteiger partial charge on any atom is -0.383 e. The molecule has 0 bridgehead atoms. The van der Waals surface area contributed by atoms with Gasteiger partial charge >= 0.3 is 0 Å². The summed E-state index contributed by atoms with van der Waals surface area (Å²) in [7, 11) is 0. The van der Waals surface area contributed by atoms with E-state index in [1.54, 1.807) is 4.90 Å². The summed E-state index contributed by atoms with van der Waals surface area (Å²) in [6.07, 6.45) is 6.06. The highest BCUT2D eigenvalue weighted by Gasteiger charge is 2.27. The number of amides is 1. The number of rotatable bonds is 3. The van der Waals surface area contributed by atoms with Gasteiger partial charge in [-0.05, 0) is 19.3 Å². The number of aromatic nitrogens is 1. The number of nitro groups is 1. The van der Waals surface area contributed by atoms with E-state index in [2.05, 4.69) is 4.98 Å². The molecule has 2 heterocycles. The quantitative estimate of drug-likeness (QED) is 0.680. The molecule has 0 aliphatic carbocycles. The zero-order chi connectivity index (χ0) is 15.4. The molecule has 1 aromatic rings. The number of anilines is 1. The first-order chi connectivity index (χ1) is 10.0. The Hall–Kier alpha value is -2.18. The maximum atomic E-state index is 12.7. The summed E-state index contributed by atoms with van der Waals surface area (Å²) in [6.45, 7) is 2.71. The molecule has 1 amide bonds. The normalized spacial score (nSPS) is 19.1. The average Bonchev–Trinajstić information content (AvgIpc) is 2.71. The molecular formula is C14H20N4O3. The van der Waals surface area contributed by atoms with Gasteiger partial charge < -0.3 is 10.6 Å². The highest BCUT2D eigenvalue weighted by atomic mass is 16.6. The molecule has 1 unspecified atom stereocenters. The number of pyridine rings is 1. The number of hydrogen-bond donors (Lipinski definition) is 1. The summed E-state index contributed by atoms with van der Waals surface area (Å²) in [5.41, 5.74) is 5.66. The molecule has 1 aromatic heterocycles. The Morgan fingerprint density at radius 1 is 1.52 bits per heavy atom. The molecule has 114 valence electrons. The van der Waals surface area contributed by atoms with Crippen molar-refractivity contribution in [1.29, 1.82) is 0 Å². The van der Waals surface area contributed by atoms with Crippen molar-refractivity contribution in [1.82, 2.24) is 9.88 Å². The third-order valence-corrected chi connectivity index (χ3v) is 3.95. The van der Waals surface area contributed by atoms with Gasteiger partial charge in [0.1, 0.15) is 12.0 Å². The standard InChI is InChI=1S/C14H20N4O3/c1-2-10-6-4-3-5-7-17(10)14(19)12-8-11(18(20)21)9-16-13(12)15/h8-10H,2-7H2,1H3,(H2,15,16). The van der Waals surface area contributed by atoms with E-state index >= 15 is 0 Å². The fourth-order valence-corrected chi connectivity index (χ4v) is 2.76. The third-order valence-electron chi connectivity index (χ3n) is 3.95. The summed E-state index contributed by atoms with van der Waals surface area (Å²) in [5, 5.41) is 10.8. The number of nitrogens with two attached hydrogens (primary N) is 1. The third kappa shape index (κ3) is 3.29. The van der Waals surface area contributed by atoms with Crippen LogP contribution < -0.4 is 5.73 Å². The lowest BCUT2D eigenvalue weighted by Gasteiger charge is -2.29. The molecule has 1 atom stereocenters. The lowest BCUT2D eigenvalue weighted by atomic mass is 10.1. The Bertz CT molecular complexity index is 547. The van der Waals surface area contributed by atoms with Crippen LogP contribution in [0.4, 0.5) is 11.5 Å². The Kier molecular flexibility index (Phi) is 4.72. The van der Waals surface area contributed by atoms with E-state index in [9.17, 15) is 14.9 Å². The number of hydrogen-bond acceptors (Lipinski definition) is 5. The van der Waals surface area contributed by atoms with Gasteiger partial charge in [0, 0.05) is 18.7 Å². The van der Waals surface area contributed by atoms with Crippen LogP contribution in [-0.4, -0.2) is 33.3 Å². The van der Waals surface area contributed by atoms with Crippen LogP contribution in [0.25, 0.3) is 0 Å². The van der Waals surface area contributed by atoms with Gasteiger partial charge in [0.15, 0.2) is 0 Å². The minimum absolute atomic E-state index is 0.0460. The van der Waals surface area contributed by atoms with Crippen LogP contribution in [0.5, 0.6) is 0 Å². The molecule has 7 heteroatoms. The molecule has 1 aliphatic heterocycles. The predicted molar refractivity (Wildman–Crippen MR) is 78.9 cm³/mol. The average molecular weight is 292 g/mol. The molecule has 0 aromatic carbocycles. The number of nitrogen functional groups attached to an aromatic ring is 1. The van der Waals surface area contributed by atoms with Crippen molar-refractivity contribution in [2.75, 3.05) is 12.3 Å². The highest BCUT2D eigenvalue weighted by Crippen LogP contribution is 2.24. The topological polar surface area (TPSA) is 102 Å². The Labute approximate surface area is 123 Å². The van der Waals surface area contributed by atoms with E-state index in [4.69, 9.17) is 5.73 Å². The van der Waals surface area contributed by atoms with E-state index in [0.29, 0.717) is 6.54 Å². The van der Waals surface area contributed by atoms with Crippen molar-refractivity contribution in [3.05, 3.63) is 27.9 Å². The van der Waals surface area contributed by atoms with Gasteiger partial charge in [-0.25, -0.2) is 4.98 Å². The maximum absolute atomic E-state index is 12.7. The molecule has 1 fully saturated rings. The fourth-order valence-electron chi connectivity index (χ4n) is 2.76. The van der Waals surface area contributed by atoms with Crippen LogP contribution in [0.3, 0.4) is 0 Å². The van der Waals surface area contributed by atoms with Crippen LogP contribution >= 0.6 is 0 Å². The van der Waals surface area contributed by atoms with Crippen LogP contribution in [0.1, 0.15) is 49.4 Å². The molecule has 0 radical (unpaired) electrons. The van der Waals surface area contributed by atoms with Crippen LogP contribution in [0, 0.1) is 10.1 Å². The molecule has 21 heavy (non-hydrogen) atoms. The van der Waals surface area contributed by atoms with Crippen molar-refractivity contribution in [2.45, 2.75) is 45.1 Å². The molecule has 2 rings (SSSR count). The highest BCUT2D eigenvalue weighted by molar-refractivity contribution is 5.99. The number of carbonyl (C=O) groups excluding carboxylic acids is 1. The summed E-state index contributed by atoms with van der Waals surface area (Å²) in [6, 6.07) is 1.39. The Morgan fingerprint density at radius 3 is 2.95 bits per heavy atom. The van der Waals surface area contributed by atoms with Crippen molar-refractivity contribution >= 4 is 17.4 Å². The first-order valence-electron chi connectivity index (χ1n) is 7.25. The SMILES string of the molecule is CCC1CCCCCN1C(=O)c1cc([N+](=O)[O-])cnc1N. The van der Waals surface area contributed by atoms with Gasteiger partial charge in [-0.3, -0.25) is 14.9 Å². The molecule has 0 spiro atoms. The van der Waals surface area contributed by atoms with E-state index in [0.717, 1.165) is 38.3 Å². The van der Waals surface area contributed by atoms with Gasteiger partial charge in [0.25, 0.3) is 11.6 Å². The van der Waals surface area contributed by atoms with Crippen LogP contribution in [0.2, 0.25) is 0 Å². The summed E-state index contributed by atoms with van der Waals surface area (Å²) < 4.78 is 0. The van der Waals surface area contributed by atoms with Gasteiger partial charge in [-0.2, -0.15) is 0 Å². The molecule has 0 saturated carbocycles. The monoisotopic (exact) mass is 292 g/mol. The van der Waals surface area contributed by atoms with E-state index in [1.165, 1.54) is 6.07 Å². The van der Waals surface area contributed by atoms with Crippen LogP contribution in [-0.2, 0) is 0 Å². The first kappa shape index (κ1) is 15.2. The molecule has 7 nitrogen and oxygen atoms in total. The molecule has 1 saturated heterocycles. The summed E-state index contributed by atoms with van der Waals surface area (Å²) >= 11 is 0. The van der Waals surface area contributed by atoms with Crippen molar-refractivity contribution in [3.8, 4) is 0 Å². The Balaban J connectivity index is 2.33. The van der Waals surface area contributed by atoms with Crippen molar-refractivity contribution < 1.29 is 9.72 Å². The van der Waals surface area contributed by atoms with Crippen molar-refractivity contribution in [2.24, 2.45) is 0 Å². The smallest absolute Gasteiger partial charge is 0.288 e. The van der Waals surface area contributed by atoms with E-state index < -0.39 is 4.92 Å². The predicted octanol–water partition coefficient (Wildman–Crippen LogP) is 2.37. The lowest BCUT2D eigenvalue weighted by Crippen LogP contribution is -2.40. The largest absolute Gasteiger partial charge is 0.383 e. The second-order valence-corrected chi connectivity index (χ2v) is 5.29. The number of likely N-dealkylation sites (tertiary alicyclic amines) is 1. The van der Waals surface area contributed by atoms with Gasteiger partial charge in [-0.15, -0.1) is 0 Å². The Morgan fingerprint density at radius 2 is 2.29 bits per heavy atom. The van der Waals surface area contributed by atoms with Gasteiger partial charge in [-0.1, -0.05) is 19.8 Å². The summed E-state index contributed by atoms with van der Waals surface area (Å²) in [4.78, 5) is 28.5. The molecule has 1 aliphatic rings. The maximum Gasteiger partial charge on any atom is 0.288 e. The molecule has 2 N–H and O–H groups in total. The second-order valence-electron chi connectivity index (χ2n) is 5.29. The first-order valence-corrected chi connectivity index (χ1v) is 7.25. The zero-order valence-electron chi connectivity index (χ0n) is 12.1. The van der Waals surface area contributed by atoms with Crippen molar-refractivity contribution in [3.63, 3.8) is 0 Å². The minimum atomic E-state index is -0.567. The molecular weight excluding hydrogens is 272 g/mol. The number of carbonyl (C=O) groups is 1. The van der Waals surface area contributed by atoms with Gasteiger partial charge in [0.05, 0.1) is 10.5 Å². The fraction of sp³-hybridized carbons (Fsp3) is 0.571. The summed E-state index contributed by atoms with van der Waals surface area (Å²) in [5.74, 6) is -0.206. The lowest BCUT2D eigenvalue weighted by molar-refractivity contribution is -0.385. The van der Waals surface area contributed by atoms with Crippen LogP contribution in [0.15, 0.2) is 12.3 Å². The number of nitrogens with zero attached hydrogens (tertiary/aromatic N) is 3.